The van der Waals surface area contributed by atoms with Gasteiger partial charge in [-0.05, 0) is 28.8 Å². The summed E-state index contributed by atoms with van der Waals surface area (Å²) in [6, 6.07) is 7.22. The van der Waals surface area contributed by atoms with Gasteiger partial charge < -0.3 is 11.1 Å². The Morgan fingerprint density at radius 2 is 1.76 bits per heavy atom. The van der Waals surface area contributed by atoms with E-state index in [0.29, 0.717) is 5.92 Å². The van der Waals surface area contributed by atoms with Gasteiger partial charge in [-0.15, -0.1) is 0 Å². The molecule has 21 heavy (non-hydrogen) atoms. The molecule has 0 bridgehead atoms. The zero-order valence-electron chi connectivity index (χ0n) is 11.9. The highest BCUT2D eigenvalue weighted by Crippen LogP contribution is 2.29. The minimum absolute atomic E-state index is 0.109. The first-order chi connectivity index (χ1) is 9.69. The number of halogens is 3. The van der Waals surface area contributed by atoms with Crippen molar-refractivity contribution in [2.75, 3.05) is 12.3 Å². The Morgan fingerprint density at radius 3 is 2.24 bits per heavy atom. The Hall–Kier alpha value is -1.21. The van der Waals surface area contributed by atoms with Crippen molar-refractivity contribution in [1.29, 1.82) is 0 Å². The zero-order valence-corrected chi connectivity index (χ0v) is 12.7. The predicted octanol–water partition coefficient (Wildman–Crippen LogP) is 3.18. The molecule has 0 saturated carbocycles. The first-order valence-corrected chi connectivity index (χ1v) is 7.50. The molecule has 0 spiro atoms. The average Bonchev–Trinajstić information content (AvgIpc) is 2.41. The Kier molecular flexibility index (Phi) is 6.54. The molecule has 1 aromatic rings. The van der Waals surface area contributed by atoms with Gasteiger partial charge in [0.25, 0.3) is 0 Å². The summed E-state index contributed by atoms with van der Waals surface area (Å²) in [7, 11) is 0. The fourth-order valence-electron chi connectivity index (χ4n) is 1.67. The molecular weight excluding hydrogens is 301 g/mol. The van der Waals surface area contributed by atoms with Crippen LogP contribution in [0.2, 0.25) is 0 Å². The number of alkyl halides is 3. The number of hydrogen-bond donors (Lipinski definition) is 2. The number of amides is 1. The summed E-state index contributed by atoms with van der Waals surface area (Å²) in [5, 5.41) is 2.41. The molecule has 3 nitrogen and oxygen atoms in total. The number of hydrogen-bond acceptors (Lipinski definition) is 3. The van der Waals surface area contributed by atoms with Gasteiger partial charge in [0.1, 0.15) is 0 Å². The second kappa shape index (κ2) is 7.70. The van der Waals surface area contributed by atoms with Crippen molar-refractivity contribution < 1.29 is 18.0 Å². The first-order valence-electron chi connectivity index (χ1n) is 6.52. The maximum atomic E-state index is 11.9. The summed E-state index contributed by atoms with van der Waals surface area (Å²) in [5.74, 6) is -0.913. The number of nitrogens with two attached hydrogens (primary N) is 1. The molecule has 0 aliphatic heterocycles. The molecule has 0 heterocycles. The summed E-state index contributed by atoms with van der Waals surface area (Å²) < 4.78 is 35.8. The van der Waals surface area contributed by atoms with Crippen molar-refractivity contribution in [3.63, 3.8) is 0 Å². The van der Waals surface area contributed by atoms with E-state index in [0.717, 1.165) is 5.56 Å². The zero-order chi connectivity index (χ0) is 16.0. The molecule has 0 radical (unpaired) electrons. The quantitative estimate of drug-likeness (QED) is 0.846. The molecule has 0 fully saturated rings. The molecule has 0 saturated heterocycles. The fraction of sp³-hybridized carbons (Fsp3) is 0.500. The van der Waals surface area contributed by atoms with Crippen molar-refractivity contribution in [2.45, 2.75) is 31.3 Å². The summed E-state index contributed by atoms with van der Waals surface area (Å²) in [5.41, 5.74) is 3.52. The average molecular weight is 320 g/mol. The second-order valence-corrected chi connectivity index (χ2v) is 6.01. The van der Waals surface area contributed by atoms with Crippen LogP contribution in [-0.2, 0) is 4.79 Å². The number of rotatable bonds is 6. The molecule has 0 aromatic heterocycles. The van der Waals surface area contributed by atoms with Gasteiger partial charge in [0.15, 0.2) is 0 Å². The van der Waals surface area contributed by atoms with Crippen LogP contribution in [-0.4, -0.2) is 23.7 Å². The number of thioether (sulfide) groups is 1. The maximum absolute atomic E-state index is 11.9. The number of nitrogens with one attached hydrogen (secondary N) is 1. The molecule has 3 N–H and O–H groups in total. The van der Waals surface area contributed by atoms with Crippen molar-refractivity contribution in [1.82, 2.24) is 5.32 Å². The number of carbonyl (C=O) groups excluding carboxylic acids is 1. The van der Waals surface area contributed by atoms with E-state index >= 15 is 0 Å². The molecule has 0 aliphatic rings. The lowest BCUT2D eigenvalue weighted by atomic mass is 9.99. The van der Waals surface area contributed by atoms with E-state index in [1.807, 2.05) is 24.3 Å². The van der Waals surface area contributed by atoms with Gasteiger partial charge in [-0.3, -0.25) is 4.79 Å². The van der Waals surface area contributed by atoms with E-state index in [1.165, 1.54) is 5.56 Å². The van der Waals surface area contributed by atoms with Gasteiger partial charge >= 0.3 is 5.51 Å². The summed E-state index contributed by atoms with van der Waals surface area (Å²) in [6.07, 6.45) is 0. The van der Waals surface area contributed by atoms with Gasteiger partial charge in [0.2, 0.25) is 5.91 Å². The summed E-state index contributed by atoms with van der Waals surface area (Å²) >= 11 is -0.359. The standard InChI is InChI=1S/C14H19F3N2OS/c1-9(2)10-3-5-11(6-4-10)12(18)7-19-13(20)8-21-14(15,16)17/h3-6,9,12H,7-8,18H2,1-2H3,(H,19,20). The van der Waals surface area contributed by atoms with Gasteiger partial charge in [-0.2, -0.15) is 13.2 Å². The van der Waals surface area contributed by atoms with Gasteiger partial charge in [0.05, 0.1) is 5.75 Å². The normalized spacial score (nSPS) is 13.3. The van der Waals surface area contributed by atoms with E-state index in [-0.39, 0.29) is 18.3 Å². The Labute approximate surface area is 126 Å². The third kappa shape index (κ3) is 6.86. The number of carbonyl (C=O) groups is 1. The molecule has 7 heteroatoms. The minimum atomic E-state index is -4.40. The molecule has 1 aromatic carbocycles. The van der Waals surface area contributed by atoms with Crippen molar-refractivity contribution in [3.8, 4) is 0 Å². The summed E-state index contributed by atoms with van der Waals surface area (Å²) in [4.78, 5) is 11.3. The molecule has 118 valence electrons. The van der Waals surface area contributed by atoms with Crippen LogP contribution in [0.3, 0.4) is 0 Å². The van der Waals surface area contributed by atoms with Crippen LogP contribution in [0.5, 0.6) is 0 Å². The van der Waals surface area contributed by atoms with E-state index < -0.39 is 23.2 Å². The SMILES string of the molecule is CC(C)c1ccc(C(N)CNC(=O)CSC(F)(F)F)cc1. The van der Waals surface area contributed by atoms with Gasteiger partial charge in [0, 0.05) is 12.6 Å². The lowest BCUT2D eigenvalue weighted by molar-refractivity contribution is -0.118. The van der Waals surface area contributed by atoms with Gasteiger partial charge in [-0.25, -0.2) is 0 Å². The molecule has 0 aliphatic carbocycles. The largest absolute Gasteiger partial charge is 0.442 e. The predicted molar refractivity (Wildman–Crippen MR) is 79.0 cm³/mol. The van der Waals surface area contributed by atoms with Crippen LogP contribution in [0.1, 0.15) is 36.9 Å². The molecule has 1 unspecified atom stereocenters. The summed E-state index contributed by atoms with van der Waals surface area (Å²) in [6.45, 7) is 4.26. The van der Waals surface area contributed by atoms with E-state index in [9.17, 15) is 18.0 Å². The first kappa shape index (κ1) is 17.8. The Bertz CT molecular complexity index is 460. The fourth-order valence-corrected chi connectivity index (χ4v) is 2.06. The second-order valence-electron chi connectivity index (χ2n) is 4.97. The Morgan fingerprint density at radius 1 is 1.24 bits per heavy atom. The highest BCUT2D eigenvalue weighted by Gasteiger charge is 2.29. The third-order valence-corrected chi connectivity index (χ3v) is 3.65. The van der Waals surface area contributed by atoms with Crippen LogP contribution >= 0.6 is 11.8 Å². The van der Waals surface area contributed by atoms with Crippen LogP contribution in [0.25, 0.3) is 0 Å². The number of benzene rings is 1. The van der Waals surface area contributed by atoms with Crippen LogP contribution in [0.4, 0.5) is 13.2 Å². The highest BCUT2D eigenvalue weighted by molar-refractivity contribution is 8.00. The Balaban J connectivity index is 2.42. The van der Waals surface area contributed by atoms with Gasteiger partial charge in [-0.1, -0.05) is 38.1 Å². The highest BCUT2D eigenvalue weighted by atomic mass is 32.2. The molecule has 1 rings (SSSR count). The monoisotopic (exact) mass is 320 g/mol. The molecular formula is C14H19F3N2OS. The van der Waals surface area contributed by atoms with Crippen molar-refractivity contribution in [2.24, 2.45) is 5.73 Å². The van der Waals surface area contributed by atoms with Crippen LogP contribution in [0, 0.1) is 0 Å². The lowest BCUT2D eigenvalue weighted by Gasteiger charge is -2.14. The van der Waals surface area contributed by atoms with Crippen molar-refractivity contribution in [3.05, 3.63) is 35.4 Å². The maximum Gasteiger partial charge on any atom is 0.442 e. The van der Waals surface area contributed by atoms with E-state index in [1.54, 1.807) is 0 Å². The smallest absolute Gasteiger partial charge is 0.353 e. The van der Waals surface area contributed by atoms with Crippen molar-refractivity contribution >= 4 is 17.7 Å². The molecule has 1 amide bonds. The lowest BCUT2D eigenvalue weighted by Crippen LogP contribution is -2.33. The van der Waals surface area contributed by atoms with E-state index in [2.05, 4.69) is 19.2 Å². The topological polar surface area (TPSA) is 55.1 Å². The van der Waals surface area contributed by atoms with Crippen LogP contribution in [0.15, 0.2) is 24.3 Å². The third-order valence-electron chi connectivity index (χ3n) is 2.92. The van der Waals surface area contributed by atoms with Crippen LogP contribution < -0.4 is 11.1 Å². The van der Waals surface area contributed by atoms with E-state index in [4.69, 9.17) is 5.73 Å². The minimum Gasteiger partial charge on any atom is -0.353 e. The molecule has 1 atom stereocenters.